The zero-order valence-corrected chi connectivity index (χ0v) is 16.1. The van der Waals surface area contributed by atoms with E-state index in [1.54, 1.807) is 0 Å². The third-order valence-corrected chi connectivity index (χ3v) is 5.73. The van der Waals surface area contributed by atoms with Crippen molar-refractivity contribution in [2.75, 3.05) is 20.1 Å². The average molecular weight is 360 g/mol. The highest BCUT2D eigenvalue weighted by molar-refractivity contribution is 5.91. The lowest BCUT2D eigenvalue weighted by Gasteiger charge is -2.42. The predicted octanol–water partition coefficient (Wildman–Crippen LogP) is 0.633. The van der Waals surface area contributed by atoms with Crippen molar-refractivity contribution in [2.24, 2.45) is 5.92 Å². The summed E-state index contributed by atoms with van der Waals surface area (Å²) in [5.74, 6) is 1.53. The van der Waals surface area contributed by atoms with Crippen LogP contribution in [0, 0.1) is 5.92 Å². The number of nitrogens with one attached hydrogen (secondary N) is 1. The van der Waals surface area contributed by atoms with Gasteiger partial charge in [0.05, 0.1) is 12.1 Å². The maximum absolute atomic E-state index is 12.6. The largest absolute Gasteiger partial charge is 0.345 e. The van der Waals surface area contributed by atoms with E-state index in [0.29, 0.717) is 24.8 Å². The number of aromatic nitrogens is 3. The number of nitrogens with zero attached hydrogens (tertiary/aromatic N) is 5. The van der Waals surface area contributed by atoms with Crippen LogP contribution >= 0.6 is 0 Å². The van der Waals surface area contributed by atoms with Gasteiger partial charge in [-0.15, -0.1) is 10.2 Å². The molecule has 0 radical (unpaired) electrons. The minimum absolute atomic E-state index is 0.142. The van der Waals surface area contributed by atoms with Gasteiger partial charge in [-0.05, 0) is 47.1 Å². The van der Waals surface area contributed by atoms with Gasteiger partial charge in [0.1, 0.15) is 5.82 Å². The number of likely N-dealkylation sites (N-methyl/N-ethyl adjacent to an activating group) is 1. The molecule has 3 aliphatic rings. The molecule has 0 aromatic carbocycles. The molecule has 2 fully saturated rings. The summed E-state index contributed by atoms with van der Waals surface area (Å²) in [6.07, 6.45) is 2.98. The van der Waals surface area contributed by atoms with E-state index in [1.165, 1.54) is 0 Å². The van der Waals surface area contributed by atoms with Gasteiger partial charge >= 0.3 is 0 Å². The van der Waals surface area contributed by atoms with Crippen molar-refractivity contribution in [2.45, 2.75) is 64.2 Å². The van der Waals surface area contributed by atoms with Gasteiger partial charge in [-0.2, -0.15) is 0 Å². The van der Waals surface area contributed by atoms with Crippen LogP contribution in [0.3, 0.4) is 0 Å². The Hall–Kier alpha value is -1.96. The van der Waals surface area contributed by atoms with Crippen LogP contribution in [-0.4, -0.2) is 67.6 Å². The third-order valence-electron chi connectivity index (χ3n) is 5.73. The van der Waals surface area contributed by atoms with E-state index in [4.69, 9.17) is 0 Å². The summed E-state index contributed by atoms with van der Waals surface area (Å²) in [6, 6.07) is 0. The van der Waals surface area contributed by atoms with Gasteiger partial charge in [0.15, 0.2) is 0 Å². The highest BCUT2D eigenvalue weighted by Crippen LogP contribution is 2.38. The Bertz CT molecular complexity index is 747. The number of carbonyl (C=O) groups excluding carboxylic acids is 2. The first-order chi connectivity index (χ1) is 12.2. The molecule has 2 aliphatic heterocycles. The van der Waals surface area contributed by atoms with Crippen molar-refractivity contribution in [3.63, 3.8) is 0 Å². The Kier molecular flexibility index (Phi) is 3.87. The first kappa shape index (κ1) is 17.5. The van der Waals surface area contributed by atoms with Crippen LogP contribution in [-0.2, 0) is 17.9 Å². The fourth-order valence-corrected chi connectivity index (χ4v) is 4.05. The molecule has 8 heteroatoms. The lowest BCUT2D eigenvalue weighted by molar-refractivity contribution is -0.132. The van der Waals surface area contributed by atoms with E-state index in [-0.39, 0.29) is 22.9 Å². The van der Waals surface area contributed by atoms with E-state index in [1.807, 2.05) is 30.2 Å². The molecule has 1 atom stereocenters. The second-order valence-corrected chi connectivity index (χ2v) is 9.09. The standard InChI is InChI=1S/C18H28N6O2/c1-17(2,3)19-15(25)14-21-20-13-9-22(4)18(11-24(13)14)7-8-23(10-18)16(26)12-5-6-12/h12H,5-11H2,1-4H3,(H,19,25)/t18-/m1/s1. The molecule has 3 heterocycles. The van der Waals surface area contributed by atoms with Crippen LogP contribution in [0.2, 0.25) is 0 Å². The number of carbonyl (C=O) groups is 2. The third kappa shape index (κ3) is 3.00. The summed E-state index contributed by atoms with van der Waals surface area (Å²) >= 11 is 0. The molecule has 0 unspecified atom stereocenters. The summed E-state index contributed by atoms with van der Waals surface area (Å²) in [5.41, 5.74) is -0.468. The van der Waals surface area contributed by atoms with Crippen LogP contribution in [0.4, 0.5) is 0 Å². The van der Waals surface area contributed by atoms with Crippen LogP contribution in [0.1, 0.15) is 56.5 Å². The second-order valence-electron chi connectivity index (χ2n) is 9.09. The van der Waals surface area contributed by atoms with Crippen molar-refractivity contribution in [3.05, 3.63) is 11.6 Å². The molecule has 1 aromatic heterocycles. The molecule has 1 spiro atoms. The minimum atomic E-state index is -0.326. The zero-order chi connectivity index (χ0) is 18.7. The van der Waals surface area contributed by atoms with Gasteiger partial charge in [-0.3, -0.25) is 14.5 Å². The summed E-state index contributed by atoms with van der Waals surface area (Å²) < 4.78 is 1.95. The summed E-state index contributed by atoms with van der Waals surface area (Å²) in [6.45, 7) is 8.65. The monoisotopic (exact) mass is 360 g/mol. The van der Waals surface area contributed by atoms with Crippen molar-refractivity contribution in [1.82, 2.24) is 29.9 Å². The topological polar surface area (TPSA) is 83.4 Å². The van der Waals surface area contributed by atoms with Crippen LogP contribution in [0.5, 0.6) is 0 Å². The van der Waals surface area contributed by atoms with Gasteiger partial charge in [0.25, 0.3) is 5.91 Å². The van der Waals surface area contributed by atoms with Crippen LogP contribution in [0.15, 0.2) is 0 Å². The maximum atomic E-state index is 12.6. The zero-order valence-electron chi connectivity index (χ0n) is 16.1. The molecule has 0 bridgehead atoms. The molecule has 1 aromatic rings. The Balaban J connectivity index is 1.56. The number of fused-ring (bicyclic) bond motifs is 1. The van der Waals surface area contributed by atoms with E-state index in [2.05, 4.69) is 27.5 Å². The minimum Gasteiger partial charge on any atom is -0.345 e. The van der Waals surface area contributed by atoms with Crippen molar-refractivity contribution < 1.29 is 9.59 Å². The summed E-state index contributed by atoms with van der Waals surface area (Å²) in [5, 5.41) is 11.4. The molecule has 1 N–H and O–H groups in total. The van der Waals surface area contributed by atoms with Gasteiger partial charge < -0.3 is 14.8 Å². The van der Waals surface area contributed by atoms with E-state index in [0.717, 1.165) is 38.2 Å². The number of likely N-dealkylation sites (tertiary alicyclic amines) is 1. The Morgan fingerprint density at radius 1 is 1.19 bits per heavy atom. The Morgan fingerprint density at radius 3 is 2.58 bits per heavy atom. The normalized spacial score (nSPS) is 26.2. The molecule has 8 nitrogen and oxygen atoms in total. The molecule has 1 aliphatic carbocycles. The van der Waals surface area contributed by atoms with E-state index >= 15 is 0 Å². The number of hydrogen-bond acceptors (Lipinski definition) is 5. The molecule has 1 saturated heterocycles. The lowest BCUT2D eigenvalue weighted by atomic mass is 9.94. The number of rotatable bonds is 2. The second kappa shape index (κ2) is 5.77. The van der Waals surface area contributed by atoms with Crippen molar-refractivity contribution in [1.29, 1.82) is 0 Å². The molecule has 142 valence electrons. The fourth-order valence-electron chi connectivity index (χ4n) is 4.05. The molecule has 4 rings (SSSR count). The van der Waals surface area contributed by atoms with E-state index in [9.17, 15) is 9.59 Å². The smallest absolute Gasteiger partial charge is 0.289 e. The van der Waals surface area contributed by atoms with Crippen LogP contribution in [0.25, 0.3) is 0 Å². The predicted molar refractivity (Wildman–Crippen MR) is 95.4 cm³/mol. The maximum Gasteiger partial charge on any atom is 0.289 e. The van der Waals surface area contributed by atoms with Gasteiger partial charge in [0.2, 0.25) is 11.7 Å². The van der Waals surface area contributed by atoms with Crippen molar-refractivity contribution in [3.8, 4) is 0 Å². The number of amides is 2. The quantitative estimate of drug-likeness (QED) is 0.836. The first-order valence-corrected chi connectivity index (χ1v) is 9.43. The Labute approximate surface area is 153 Å². The molecular weight excluding hydrogens is 332 g/mol. The molecular formula is C18H28N6O2. The lowest BCUT2D eigenvalue weighted by Crippen LogP contribution is -2.55. The molecule has 1 saturated carbocycles. The highest BCUT2D eigenvalue weighted by atomic mass is 16.2. The van der Waals surface area contributed by atoms with Crippen molar-refractivity contribution >= 4 is 11.8 Å². The average Bonchev–Trinajstić information content (AvgIpc) is 3.19. The fraction of sp³-hybridized carbons (Fsp3) is 0.778. The summed E-state index contributed by atoms with van der Waals surface area (Å²) in [4.78, 5) is 29.4. The highest BCUT2D eigenvalue weighted by Gasteiger charge is 2.48. The molecule has 26 heavy (non-hydrogen) atoms. The SMILES string of the molecule is CN1Cc2nnc(C(=O)NC(C)(C)C)n2C[C@]12CCN(C(=O)C1CC1)C2. The van der Waals surface area contributed by atoms with Crippen LogP contribution < -0.4 is 5.32 Å². The first-order valence-electron chi connectivity index (χ1n) is 9.43. The summed E-state index contributed by atoms with van der Waals surface area (Å²) in [7, 11) is 2.08. The van der Waals surface area contributed by atoms with Gasteiger partial charge in [-0.1, -0.05) is 0 Å². The van der Waals surface area contributed by atoms with E-state index < -0.39 is 0 Å². The number of hydrogen-bond donors (Lipinski definition) is 1. The van der Waals surface area contributed by atoms with Gasteiger partial charge in [0, 0.05) is 31.1 Å². The van der Waals surface area contributed by atoms with Gasteiger partial charge in [-0.25, -0.2) is 0 Å². The molecule has 2 amide bonds. The Morgan fingerprint density at radius 2 is 1.92 bits per heavy atom.